The summed E-state index contributed by atoms with van der Waals surface area (Å²) in [6.07, 6.45) is -3.27. The maximum absolute atomic E-state index is 12.6. The smallest absolute Gasteiger partial charge is 0.318 e. The standard InChI is InChI=1S/C12H11F3N4O2/c1-18-6-7(3-4-10(18)20)11(21)16-9-5-8(12(13,14)15)19(2)17-9/h3-6H,1-2H3,(H,16,17,21). The molecule has 0 radical (unpaired) electrons. The number of nitrogens with zero attached hydrogens (tertiary/aromatic N) is 3. The van der Waals surface area contributed by atoms with Gasteiger partial charge < -0.3 is 9.88 Å². The van der Waals surface area contributed by atoms with E-state index in [1.54, 1.807) is 0 Å². The van der Waals surface area contributed by atoms with E-state index in [4.69, 9.17) is 0 Å². The maximum Gasteiger partial charge on any atom is 0.433 e. The number of anilines is 1. The normalized spacial score (nSPS) is 11.5. The fraction of sp³-hybridized carbons (Fsp3) is 0.250. The zero-order valence-electron chi connectivity index (χ0n) is 11.1. The second kappa shape index (κ2) is 5.08. The van der Waals surface area contributed by atoms with E-state index in [0.717, 1.165) is 13.1 Å². The van der Waals surface area contributed by atoms with Crippen LogP contribution in [0.2, 0.25) is 0 Å². The minimum absolute atomic E-state index is 0.135. The molecule has 0 bridgehead atoms. The number of aryl methyl sites for hydroxylation is 2. The number of hydrogen-bond acceptors (Lipinski definition) is 3. The number of carbonyl (C=O) groups excluding carboxylic acids is 1. The largest absolute Gasteiger partial charge is 0.433 e. The molecule has 0 fully saturated rings. The van der Waals surface area contributed by atoms with Crippen LogP contribution in [0.5, 0.6) is 0 Å². The fourth-order valence-electron chi connectivity index (χ4n) is 1.71. The first-order chi connectivity index (χ1) is 9.68. The third-order valence-corrected chi connectivity index (χ3v) is 2.76. The predicted molar refractivity (Wildman–Crippen MR) is 67.8 cm³/mol. The van der Waals surface area contributed by atoms with E-state index in [9.17, 15) is 22.8 Å². The molecule has 6 nitrogen and oxygen atoms in total. The number of alkyl halides is 3. The van der Waals surface area contributed by atoms with Crippen LogP contribution in [-0.4, -0.2) is 20.3 Å². The van der Waals surface area contributed by atoms with Crippen LogP contribution in [0.25, 0.3) is 0 Å². The highest BCUT2D eigenvalue weighted by Gasteiger charge is 2.35. The van der Waals surface area contributed by atoms with Crippen LogP contribution >= 0.6 is 0 Å². The molecule has 0 saturated carbocycles. The maximum atomic E-state index is 12.6. The second-order valence-electron chi connectivity index (χ2n) is 4.36. The molecule has 0 aliphatic heterocycles. The lowest BCUT2D eigenvalue weighted by atomic mass is 10.2. The van der Waals surface area contributed by atoms with E-state index in [-0.39, 0.29) is 16.9 Å². The van der Waals surface area contributed by atoms with Crippen LogP contribution in [0, 0.1) is 0 Å². The number of aromatic nitrogens is 3. The quantitative estimate of drug-likeness (QED) is 0.911. The molecule has 0 atom stereocenters. The van der Waals surface area contributed by atoms with Gasteiger partial charge in [0.25, 0.3) is 5.91 Å². The van der Waals surface area contributed by atoms with Crippen molar-refractivity contribution in [1.82, 2.24) is 14.3 Å². The van der Waals surface area contributed by atoms with Crippen LogP contribution in [-0.2, 0) is 20.3 Å². The van der Waals surface area contributed by atoms with E-state index in [1.165, 1.54) is 29.9 Å². The SMILES string of the molecule is Cn1nc(NC(=O)c2ccc(=O)n(C)c2)cc1C(F)(F)F. The highest BCUT2D eigenvalue weighted by Crippen LogP contribution is 2.30. The molecule has 2 aromatic rings. The summed E-state index contributed by atoms with van der Waals surface area (Å²) in [6.45, 7) is 0. The van der Waals surface area contributed by atoms with Gasteiger partial charge in [0, 0.05) is 32.4 Å². The Morgan fingerprint density at radius 2 is 1.95 bits per heavy atom. The van der Waals surface area contributed by atoms with Crippen LogP contribution in [0.4, 0.5) is 19.0 Å². The Bertz CT molecular complexity index is 746. The topological polar surface area (TPSA) is 68.9 Å². The average molecular weight is 300 g/mol. The Morgan fingerprint density at radius 3 is 2.48 bits per heavy atom. The molecule has 0 aliphatic rings. The number of carbonyl (C=O) groups is 1. The van der Waals surface area contributed by atoms with Crippen molar-refractivity contribution in [3.63, 3.8) is 0 Å². The Morgan fingerprint density at radius 1 is 1.29 bits per heavy atom. The van der Waals surface area contributed by atoms with E-state index in [1.807, 2.05) is 0 Å². The van der Waals surface area contributed by atoms with Gasteiger partial charge >= 0.3 is 6.18 Å². The molecule has 0 aromatic carbocycles. The Hall–Kier alpha value is -2.58. The van der Waals surface area contributed by atoms with Gasteiger partial charge in [0.15, 0.2) is 5.82 Å². The third-order valence-electron chi connectivity index (χ3n) is 2.76. The second-order valence-corrected chi connectivity index (χ2v) is 4.36. The molecule has 0 saturated heterocycles. The summed E-state index contributed by atoms with van der Waals surface area (Å²) in [5.74, 6) is -0.874. The average Bonchev–Trinajstić information content (AvgIpc) is 2.73. The summed E-state index contributed by atoms with van der Waals surface area (Å²) in [6, 6.07) is 3.21. The lowest BCUT2D eigenvalue weighted by molar-refractivity contribution is -0.143. The molecule has 1 N–H and O–H groups in total. The van der Waals surface area contributed by atoms with Crippen LogP contribution in [0.3, 0.4) is 0 Å². The van der Waals surface area contributed by atoms with Gasteiger partial charge in [-0.25, -0.2) is 0 Å². The van der Waals surface area contributed by atoms with Crippen molar-refractivity contribution in [3.05, 3.63) is 46.0 Å². The minimum Gasteiger partial charge on any atom is -0.318 e. The molecule has 2 rings (SSSR count). The Labute approximate surface area is 116 Å². The number of hydrogen-bond donors (Lipinski definition) is 1. The van der Waals surface area contributed by atoms with Crippen molar-refractivity contribution in [2.75, 3.05) is 5.32 Å². The highest BCUT2D eigenvalue weighted by atomic mass is 19.4. The summed E-state index contributed by atoms with van der Waals surface area (Å²) >= 11 is 0. The number of rotatable bonds is 2. The molecule has 1 amide bonds. The van der Waals surface area contributed by atoms with Crippen molar-refractivity contribution in [1.29, 1.82) is 0 Å². The summed E-state index contributed by atoms with van der Waals surface area (Å²) in [4.78, 5) is 23.1. The van der Waals surface area contributed by atoms with Crippen molar-refractivity contribution in [2.24, 2.45) is 14.1 Å². The monoisotopic (exact) mass is 300 g/mol. The number of nitrogens with one attached hydrogen (secondary N) is 1. The van der Waals surface area contributed by atoms with Gasteiger partial charge in [-0.05, 0) is 6.07 Å². The van der Waals surface area contributed by atoms with E-state index in [0.29, 0.717) is 4.68 Å². The fourth-order valence-corrected chi connectivity index (χ4v) is 1.71. The molecule has 9 heteroatoms. The van der Waals surface area contributed by atoms with Gasteiger partial charge in [0.2, 0.25) is 5.56 Å². The van der Waals surface area contributed by atoms with E-state index < -0.39 is 17.8 Å². The van der Waals surface area contributed by atoms with Crippen molar-refractivity contribution >= 4 is 11.7 Å². The van der Waals surface area contributed by atoms with Crippen molar-refractivity contribution in [3.8, 4) is 0 Å². The number of halogens is 3. The predicted octanol–water partition coefficient (Wildman–Crippen LogP) is 1.39. The molecule has 2 aromatic heterocycles. The lowest BCUT2D eigenvalue weighted by Gasteiger charge is -2.04. The van der Waals surface area contributed by atoms with E-state index >= 15 is 0 Å². The molecule has 0 spiro atoms. The zero-order chi connectivity index (χ0) is 15.8. The van der Waals surface area contributed by atoms with Crippen LogP contribution in [0.1, 0.15) is 16.1 Å². The molecule has 0 unspecified atom stereocenters. The Kier molecular flexibility index (Phi) is 3.58. The first kappa shape index (κ1) is 14.8. The first-order valence-electron chi connectivity index (χ1n) is 5.78. The van der Waals surface area contributed by atoms with Gasteiger partial charge in [0.1, 0.15) is 5.69 Å². The van der Waals surface area contributed by atoms with Crippen molar-refractivity contribution in [2.45, 2.75) is 6.18 Å². The Balaban J connectivity index is 2.24. The van der Waals surface area contributed by atoms with Crippen LogP contribution < -0.4 is 10.9 Å². The highest BCUT2D eigenvalue weighted by molar-refractivity contribution is 6.03. The summed E-state index contributed by atoms with van der Waals surface area (Å²) in [5.41, 5.74) is -1.14. The van der Waals surface area contributed by atoms with Gasteiger partial charge in [-0.15, -0.1) is 0 Å². The number of pyridine rings is 1. The summed E-state index contributed by atoms with van der Waals surface area (Å²) in [7, 11) is 2.59. The van der Waals surface area contributed by atoms with Gasteiger partial charge in [0.05, 0.1) is 5.56 Å². The number of amides is 1. The van der Waals surface area contributed by atoms with Crippen LogP contribution in [0.15, 0.2) is 29.2 Å². The zero-order valence-corrected chi connectivity index (χ0v) is 11.1. The van der Waals surface area contributed by atoms with Crippen molar-refractivity contribution < 1.29 is 18.0 Å². The minimum atomic E-state index is -4.55. The van der Waals surface area contributed by atoms with Gasteiger partial charge in [-0.1, -0.05) is 0 Å². The summed E-state index contributed by atoms with van der Waals surface area (Å²) in [5, 5.41) is 5.83. The molecule has 21 heavy (non-hydrogen) atoms. The first-order valence-corrected chi connectivity index (χ1v) is 5.78. The lowest BCUT2D eigenvalue weighted by Crippen LogP contribution is -2.19. The molecular weight excluding hydrogens is 289 g/mol. The van der Waals surface area contributed by atoms with E-state index in [2.05, 4.69) is 10.4 Å². The van der Waals surface area contributed by atoms with Gasteiger partial charge in [-0.3, -0.25) is 14.3 Å². The third kappa shape index (κ3) is 3.12. The summed E-state index contributed by atoms with van der Waals surface area (Å²) < 4.78 is 39.6. The molecule has 0 aliphatic carbocycles. The molecule has 2 heterocycles. The molecule has 112 valence electrons. The molecular formula is C12H11F3N4O2. The van der Waals surface area contributed by atoms with Gasteiger partial charge in [-0.2, -0.15) is 18.3 Å².